The lowest BCUT2D eigenvalue weighted by Crippen LogP contribution is -2.16. The van der Waals surface area contributed by atoms with Gasteiger partial charge in [-0.1, -0.05) is 136 Å². The second kappa shape index (κ2) is 10.3. The first-order valence-electron chi connectivity index (χ1n) is 17.1. The summed E-state index contributed by atoms with van der Waals surface area (Å²) < 4.78 is 0. The minimum Gasteiger partial charge on any atom is -0.310 e. The molecule has 2 aliphatic rings. The molecule has 0 aromatic heterocycles. The van der Waals surface area contributed by atoms with Crippen LogP contribution in [0.5, 0.6) is 0 Å². The van der Waals surface area contributed by atoms with Gasteiger partial charge in [0.2, 0.25) is 0 Å². The predicted octanol–water partition coefficient (Wildman–Crippen LogP) is 12.9. The van der Waals surface area contributed by atoms with Crippen molar-refractivity contribution >= 4 is 27.8 Å². The van der Waals surface area contributed by atoms with Crippen LogP contribution in [0.2, 0.25) is 0 Å². The Hall–Kier alpha value is -5.40. The highest BCUT2D eigenvalue weighted by Crippen LogP contribution is 2.52. The molecule has 7 aromatic carbocycles. The second-order valence-corrected chi connectivity index (χ2v) is 14.7. The van der Waals surface area contributed by atoms with E-state index in [1.54, 1.807) is 0 Å². The summed E-state index contributed by atoms with van der Waals surface area (Å²) in [7, 11) is 0. The van der Waals surface area contributed by atoms with Crippen molar-refractivity contribution in [3.63, 3.8) is 0 Å². The molecule has 2 aliphatic carbocycles. The molecule has 0 bridgehead atoms. The minimum absolute atomic E-state index is 0.0194. The highest BCUT2D eigenvalue weighted by Gasteiger charge is 2.37. The van der Waals surface area contributed by atoms with E-state index >= 15 is 0 Å². The van der Waals surface area contributed by atoms with E-state index in [-0.39, 0.29) is 10.8 Å². The van der Waals surface area contributed by atoms with Gasteiger partial charge in [-0.15, -0.1) is 0 Å². The van der Waals surface area contributed by atoms with Crippen molar-refractivity contribution in [1.29, 1.82) is 0 Å². The lowest BCUT2D eigenvalue weighted by molar-refractivity contribution is 0.660. The molecule has 0 spiro atoms. The fourth-order valence-corrected chi connectivity index (χ4v) is 8.43. The van der Waals surface area contributed by atoms with E-state index in [9.17, 15) is 0 Å². The average Bonchev–Trinajstić information content (AvgIpc) is 3.47. The molecule has 9 rings (SSSR count). The van der Waals surface area contributed by atoms with E-state index in [0.29, 0.717) is 0 Å². The number of fused-ring (bicyclic) bond motifs is 7. The van der Waals surface area contributed by atoms with Crippen LogP contribution >= 0.6 is 0 Å². The van der Waals surface area contributed by atoms with Crippen molar-refractivity contribution in [3.05, 3.63) is 173 Å². The summed E-state index contributed by atoms with van der Waals surface area (Å²) in [5, 5.41) is 2.49. The number of anilines is 3. The van der Waals surface area contributed by atoms with Crippen LogP contribution in [0.3, 0.4) is 0 Å². The maximum atomic E-state index is 2.42. The molecule has 0 amide bonds. The first kappa shape index (κ1) is 28.8. The van der Waals surface area contributed by atoms with Crippen LogP contribution in [0.25, 0.3) is 44.2 Å². The molecule has 48 heavy (non-hydrogen) atoms. The second-order valence-electron chi connectivity index (χ2n) is 14.7. The number of hydrogen-bond acceptors (Lipinski definition) is 1. The molecule has 0 saturated carbocycles. The van der Waals surface area contributed by atoms with Gasteiger partial charge in [-0.3, -0.25) is 0 Å². The normalized spacial score (nSPS) is 14.7. The molecule has 0 heterocycles. The SMILES string of the molecule is Cc1ccc2c(c1)C(C)(C)c1cc(N(c3ccc(-c4ccc5c(c4)C(C)(C)c4ccccc4-5)cc3)c3ccc4ccccc4c3)ccc1-2. The van der Waals surface area contributed by atoms with E-state index in [1.165, 1.54) is 77.7 Å². The van der Waals surface area contributed by atoms with Gasteiger partial charge in [0, 0.05) is 27.9 Å². The maximum Gasteiger partial charge on any atom is 0.0468 e. The smallest absolute Gasteiger partial charge is 0.0468 e. The van der Waals surface area contributed by atoms with Gasteiger partial charge in [0.1, 0.15) is 0 Å². The van der Waals surface area contributed by atoms with Crippen LogP contribution in [0.15, 0.2) is 146 Å². The highest BCUT2D eigenvalue weighted by molar-refractivity contribution is 5.91. The van der Waals surface area contributed by atoms with Crippen LogP contribution in [0.1, 0.15) is 55.5 Å². The number of benzene rings is 7. The Kier molecular flexibility index (Phi) is 6.18. The topological polar surface area (TPSA) is 3.24 Å². The third kappa shape index (κ3) is 4.24. The summed E-state index contributed by atoms with van der Waals surface area (Å²) in [6, 6.07) is 54.4. The van der Waals surface area contributed by atoms with Crippen LogP contribution in [-0.2, 0) is 10.8 Å². The molecule has 0 atom stereocenters. The van der Waals surface area contributed by atoms with Crippen molar-refractivity contribution in [2.75, 3.05) is 4.90 Å². The molecule has 232 valence electrons. The summed E-state index contributed by atoms with van der Waals surface area (Å²) in [6.07, 6.45) is 0. The Morgan fingerprint density at radius 3 is 1.69 bits per heavy atom. The summed E-state index contributed by atoms with van der Waals surface area (Å²) in [5.74, 6) is 0. The lowest BCUT2D eigenvalue weighted by Gasteiger charge is -2.28. The van der Waals surface area contributed by atoms with E-state index in [1.807, 2.05) is 0 Å². The van der Waals surface area contributed by atoms with Crippen molar-refractivity contribution in [2.45, 2.75) is 45.4 Å². The van der Waals surface area contributed by atoms with E-state index in [4.69, 9.17) is 0 Å². The van der Waals surface area contributed by atoms with Crippen LogP contribution < -0.4 is 4.90 Å². The van der Waals surface area contributed by atoms with E-state index in [2.05, 4.69) is 185 Å². The first-order valence-corrected chi connectivity index (χ1v) is 17.1. The number of nitrogens with zero attached hydrogens (tertiary/aromatic N) is 1. The lowest BCUT2D eigenvalue weighted by atomic mass is 9.81. The Bertz CT molecular complexity index is 2410. The largest absolute Gasteiger partial charge is 0.310 e. The maximum absolute atomic E-state index is 2.42. The molecular formula is C47H39N. The molecule has 0 N–H and O–H groups in total. The van der Waals surface area contributed by atoms with Crippen LogP contribution in [0.4, 0.5) is 17.1 Å². The highest BCUT2D eigenvalue weighted by atomic mass is 15.1. The van der Waals surface area contributed by atoms with Crippen molar-refractivity contribution in [3.8, 4) is 33.4 Å². The zero-order chi connectivity index (χ0) is 32.8. The predicted molar refractivity (Wildman–Crippen MR) is 204 cm³/mol. The number of aryl methyl sites for hydroxylation is 1. The zero-order valence-electron chi connectivity index (χ0n) is 28.3. The van der Waals surface area contributed by atoms with Crippen molar-refractivity contribution in [2.24, 2.45) is 0 Å². The minimum atomic E-state index is -0.0768. The standard InChI is InChI=1S/C47H39N/c1-30-14-23-39-41-25-22-37(29-45(41)47(4,5)43(39)26-30)48(36-21-17-31-10-6-7-11-33(31)27-36)35-19-15-32(16-20-35)34-18-24-40-38-12-8-9-13-42(38)46(2,3)44(40)28-34/h6-29H,1-5H3. The summed E-state index contributed by atoms with van der Waals surface area (Å²) in [4.78, 5) is 2.42. The Labute approximate surface area is 284 Å². The monoisotopic (exact) mass is 617 g/mol. The van der Waals surface area contributed by atoms with E-state index in [0.717, 1.165) is 11.4 Å². The fourth-order valence-electron chi connectivity index (χ4n) is 8.43. The van der Waals surface area contributed by atoms with Gasteiger partial charge in [0.25, 0.3) is 0 Å². The van der Waals surface area contributed by atoms with Crippen LogP contribution in [0, 0.1) is 6.92 Å². The third-order valence-electron chi connectivity index (χ3n) is 11.1. The molecule has 0 saturated heterocycles. The molecule has 1 nitrogen and oxygen atoms in total. The molecule has 0 unspecified atom stereocenters. The average molecular weight is 618 g/mol. The molecular weight excluding hydrogens is 579 g/mol. The van der Waals surface area contributed by atoms with Crippen molar-refractivity contribution in [1.82, 2.24) is 0 Å². The quantitative estimate of drug-likeness (QED) is 0.190. The van der Waals surface area contributed by atoms with Gasteiger partial charge in [-0.2, -0.15) is 0 Å². The Morgan fingerprint density at radius 2 is 0.896 bits per heavy atom. The summed E-state index contributed by atoms with van der Waals surface area (Å²) in [5.41, 5.74) is 18.2. The van der Waals surface area contributed by atoms with E-state index < -0.39 is 0 Å². The fraction of sp³-hybridized carbons (Fsp3) is 0.149. The third-order valence-corrected chi connectivity index (χ3v) is 11.1. The molecule has 7 aromatic rings. The molecule has 1 heteroatoms. The zero-order valence-corrected chi connectivity index (χ0v) is 28.3. The van der Waals surface area contributed by atoms with Crippen LogP contribution in [-0.4, -0.2) is 0 Å². The summed E-state index contributed by atoms with van der Waals surface area (Å²) >= 11 is 0. The molecule has 0 fully saturated rings. The van der Waals surface area contributed by atoms with Crippen molar-refractivity contribution < 1.29 is 0 Å². The van der Waals surface area contributed by atoms with Gasteiger partial charge in [-0.25, -0.2) is 0 Å². The first-order chi connectivity index (χ1) is 23.2. The van der Waals surface area contributed by atoms with Gasteiger partial charge in [0.05, 0.1) is 0 Å². The number of rotatable bonds is 4. The van der Waals surface area contributed by atoms with Gasteiger partial charge in [-0.05, 0) is 116 Å². The molecule has 0 aliphatic heterocycles. The summed E-state index contributed by atoms with van der Waals surface area (Å²) in [6.45, 7) is 11.6. The molecule has 0 radical (unpaired) electrons. The van der Waals surface area contributed by atoms with Gasteiger partial charge < -0.3 is 4.90 Å². The van der Waals surface area contributed by atoms with Gasteiger partial charge in [0.15, 0.2) is 0 Å². The Morgan fingerprint density at radius 1 is 0.375 bits per heavy atom. The Balaban J connectivity index is 1.15. The van der Waals surface area contributed by atoms with Gasteiger partial charge >= 0.3 is 0 Å². The number of hydrogen-bond donors (Lipinski definition) is 0.